The van der Waals surface area contributed by atoms with Gasteiger partial charge in [-0.2, -0.15) is 0 Å². The van der Waals surface area contributed by atoms with Crippen LogP contribution >= 0.6 is 11.8 Å². The highest BCUT2D eigenvalue weighted by molar-refractivity contribution is 7.98. The molecular formula is C26H23N3O4S. The highest BCUT2D eigenvalue weighted by Gasteiger charge is 2.56. The molecule has 0 spiro atoms. The summed E-state index contributed by atoms with van der Waals surface area (Å²) in [6.07, 6.45) is 2.99. The number of ether oxygens (including phenoxy) is 1. The second-order valence-electron chi connectivity index (χ2n) is 9.22. The van der Waals surface area contributed by atoms with Crippen molar-refractivity contribution < 1.29 is 14.6 Å². The Morgan fingerprint density at radius 2 is 1.91 bits per heavy atom. The number of carbonyl (C=O) groups is 1. The summed E-state index contributed by atoms with van der Waals surface area (Å²) in [7, 11) is 0. The van der Waals surface area contributed by atoms with Gasteiger partial charge in [0.1, 0.15) is 11.7 Å². The molecule has 0 saturated carbocycles. The average molecular weight is 474 g/mol. The number of thioether (sulfide) groups is 1. The average Bonchev–Trinajstić information content (AvgIpc) is 3.19. The summed E-state index contributed by atoms with van der Waals surface area (Å²) in [5.74, 6) is 0.0226. The number of aryl methyl sites for hydroxylation is 1. The molecule has 2 aromatic carbocycles. The Hall–Kier alpha value is -3.23. The standard InChI is InChI=1S/C26H23N3O4S/c30-19-9-11-28-23(24(19)31)25(32)27-12-13-33-14-21(27)29(28)26-10-8-16-5-3-7-20(22(16)26)34-15-17-4-1-2-6-18(17)26/h1-7,9,11,21,31H,8,10,12-15H2. The van der Waals surface area contributed by atoms with E-state index >= 15 is 0 Å². The lowest BCUT2D eigenvalue weighted by Gasteiger charge is -2.56. The summed E-state index contributed by atoms with van der Waals surface area (Å²) < 4.78 is 7.64. The lowest BCUT2D eigenvalue weighted by Crippen LogP contribution is -2.71. The van der Waals surface area contributed by atoms with E-state index in [1.165, 1.54) is 33.2 Å². The summed E-state index contributed by atoms with van der Waals surface area (Å²) >= 11 is 1.84. The molecule has 0 bridgehead atoms. The zero-order chi connectivity index (χ0) is 23.0. The van der Waals surface area contributed by atoms with Gasteiger partial charge in [-0.1, -0.05) is 36.4 Å². The Balaban J connectivity index is 1.60. The minimum Gasteiger partial charge on any atom is -0.502 e. The Bertz CT molecular complexity index is 1420. The Labute approximate surface area is 200 Å². The van der Waals surface area contributed by atoms with E-state index < -0.39 is 16.7 Å². The van der Waals surface area contributed by atoms with E-state index in [0.717, 1.165) is 18.6 Å². The van der Waals surface area contributed by atoms with Gasteiger partial charge in [-0.25, -0.2) is 0 Å². The van der Waals surface area contributed by atoms with Crippen LogP contribution in [0.2, 0.25) is 0 Å². The molecule has 3 aromatic rings. The number of rotatable bonds is 1. The third-order valence-corrected chi connectivity index (χ3v) is 8.76. The number of benzene rings is 2. The normalized spacial score (nSPS) is 24.7. The van der Waals surface area contributed by atoms with Crippen LogP contribution in [0.4, 0.5) is 0 Å². The molecule has 1 fully saturated rings. The first-order valence-electron chi connectivity index (χ1n) is 11.6. The SMILES string of the molecule is O=C1c2c(O)c(=O)ccn2N(C23CCc4cccc(c42)SCc2ccccc23)C2COCCN12. The molecule has 2 unspecified atom stereocenters. The number of pyridine rings is 1. The third kappa shape index (κ3) is 2.47. The van der Waals surface area contributed by atoms with Crippen LogP contribution in [0.3, 0.4) is 0 Å². The number of carbonyl (C=O) groups excluding carboxylic acids is 1. The van der Waals surface area contributed by atoms with E-state index in [2.05, 4.69) is 47.5 Å². The Morgan fingerprint density at radius 1 is 1.06 bits per heavy atom. The van der Waals surface area contributed by atoms with Gasteiger partial charge >= 0.3 is 0 Å². The molecule has 0 radical (unpaired) electrons. The molecule has 4 heterocycles. The van der Waals surface area contributed by atoms with Crippen LogP contribution in [-0.2, 0) is 22.4 Å². The van der Waals surface area contributed by atoms with E-state index in [4.69, 9.17) is 4.74 Å². The summed E-state index contributed by atoms with van der Waals surface area (Å²) in [6, 6.07) is 16.4. The molecule has 1 aromatic heterocycles. The van der Waals surface area contributed by atoms with Crippen molar-refractivity contribution in [3.05, 3.63) is 92.9 Å². The summed E-state index contributed by atoms with van der Waals surface area (Å²) in [5, 5.41) is 13.0. The van der Waals surface area contributed by atoms with Crippen LogP contribution in [0.25, 0.3) is 0 Å². The van der Waals surface area contributed by atoms with Gasteiger partial charge in [0.25, 0.3) is 5.91 Å². The molecule has 8 heteroatoms. The molecule has 1 saturated heterocycles. The van der Waals surface area contributed by atoms with Crippen molar-refractivity contribution in [2.45, 2.75) is 35.2 Å². The first-order chi connectivity index (χ1) is 16.6. The summed E-state index contributed by atoms with van der Waals surface area (Å²) in [5.41, 5.74) is 3.92. The van der Waals surface area contributed by atoms with Crippen molar-refractivity contribution >= 4 is 17.7 Å². The summed E-state index contributed by atoms with van der Waals surface area (Å²) in [6.45, 7) is 1.19. The highest BCUT2D eigenvalue weighted by atomic mass is 32.2. The number of aromatic nitrogens is 1. The van der Waals surface area contributed by atoms with Crippen molar-refractivity contribution in [3.8, 4) is 5.75 Å². The highest BCUT2D eigenvalue weighted by Crippen LogP contribution is 2.55. The number of amides is 1. The van der Waals surface area contributed by atoms with Gasteiger partial charge in [0.15, 0.2) is 11.4 Å². The minimum atomic E-state index is -0.577. The number of fused-ring (bicyclic) bond motifs is 4. The van der Waals surface area contributed by atoms with Crippen LogP contribution in [0.1, 0.15) is 39.2 Å². The first kappa shape index (κ1) is 20.2. The molecule has 34 heavy (non-hydrogen) atoms. The van der Waals surface area contributed by atoms with Crippen LogP contribution < -0.4 is 10.4 Å². The molecular weight excluding hydrogens is 450 g/mol. The second-order valence-corrected chi connectivity index (χ2v) is 10.2. The predicted octanol–water partition coefficient (Wildman–Crippen LogP) is 2.80. The van der Waals surface area contributed by atoms with Gasteiger partial charge in [0, 0.05) is 35.0 Å². The zero-order valence-electron chi connectivity index (χ0n) is 18.4. The maximum Gasteiger partial charge on any atom is 0.278 e. The maximum atomic E-state index is 13.5. The number of morpholine rings is 1. The van der Waals surface area contributed by atoms with Crippen molar-refractivity contribution in [2.24, 2.45) is 0 Å². The number of hydrogen-bond donors (Lipinski definition) is 1. The fraction of sp³-hybridized carbons (Fsp3) is 0.308. The fourth-order valence-electron chi connectivity index (χ4n) is 6.29. The van der Waals surface area contributed by atoms with E-state index in [0.29, 0.717) is 19.8 Å². The molecule has 2 atom stereocenters. The fourth-order valence-corrected chi connectivity index (χ4v) is 7.47. The predicted molar refractivity (Wildman–Crippen MR) is 128 cm³/mol. The van der Waals surface area contributed by atoms with Crippen molar-refractivity contribution in [2.75, 3.05) is 24.8 Å². The van der Waals surface area contributed by atoms with E-state index in [-0.39, 0.29) is 17.8 Å². The van der Waals surface area contributed by atoms with Gasteiger partial charge < -0.3 is 14.7 Å². The molecule has 1 amide bonds. The van der Waals surface area contributed by atoms with Crippen LogP contribution in [-0.4, -0.2) is 46.5 Å². The molecule has 172 valence electrons. The number of aromatic hydroxyl groups is 1. The number of nitrogens with zero attached hydrogens (tertiary/aromatic N) is 3. The van der Waals surface area contributed by atoms with Crippen molar-refractivity contribution in [1.82, 2.24) is 9.58 Å². The minimum absolute atomic E-state index is 0.0281. The zero-order valence-corrected chi connectivity index (χ0v) is 19.3. The maximum absolute atomic E-state index is 13.5. The number of hydrogen-bond acceptors (Lipinski definition) is 6. The Kier molecular flexibility index (Phi) is 4.23. The second kappa shape index (κ2) is 7.13. The third-order valence-electron chi connectivity index (χ3n) is 7.65. The largest absolute Gasteiger partial charge is 0.502 e. The van der Waals surface area contributed by atoms with Gasteiger partial charge in [0.05, 0.1) is 13.2 Å². The molecule has 7 rings (SSSR count). The van der Waals surface area contributed by atoms with E-state index in [1.807, 2.05) is 11.8 Å². The van der Waals surface area contributed by atoms with E-state index in [9.17, 15) is 14.7 Å². The summed E-state index contributed by atoms with van der Waals surface area (Å²) in [4.78, 5) is 28.9. The van der Waals surface area contributed by atoms with Crippen molar-refractivity contribution in [3.63, 3.8) is 0 Å². The monoisotopic (exact) mass is 473 g/mol. The topological polar surface area (TPSA) is 75.0 Å². The van der Waals surface area contributed by atoms with E-state index in [1.54, 1.807) is 15.8 Å². The lowest BCUT2D eigenvalue weighted by atomic mass is 9.80. The molecule has 7 nitrogen and oxygen atoms in total. The lowest BCUT2D eigenvalue weighted by molar-refractivity contribution is -0.0257. The quantitative estimate of drug-likeness (QED) is 0.586. The van der Waals surface area contributed by atoms with Crippen LogP contribution in [0.15, 0.2) is 64.4 Å². The van der Waals surface area contributed by atoms with Gasteiger partial charge in [-0.3, -0.25) is 19.3 Å². The first-order valence-corrected chi connectivity index (χ1v) is 12.6. The van der Waals surface area contributed by atoms with Crippen LogP contribution in [0, 0.1) is 0 Å². The van der Waals surface area contributed by atoms with Gasteiger partial charge in [0.2, 0.25) is 5.43 Å². The smallest absolute Gasteiger partial charge is 0.278 e. The molecule has 3 aliphatic heterocycles. The molecule has 1 N–H and O–H groups in total. The Morgan fingerprint density at radius 3 is 2.82 bits per heavy atom. The van der Waals surface area contributed by atoms with Gasteiger partial charge in [-0.15, -0.1) is 11.8 Å². The molecule has 4 aliphatic rings. The molecule has 1 aliphatic carbocycles. The van der Waals surface area contributed by atoms with Crippen LogP contribution in [0.5, 0.6) is 5.75 Å². The van der Waals surface area contributed by atoms with Gasteiger partial charge in [-0.05, 0) is 35.6 Å². The van der Waals surface area contributed by atoms with Crippen molar-refractivity contribution in [1.29, 1.82) is 0 Å².